The summed E-state index contributed by atoms with van der Waals surface area (Å²) in [6.45, 7) is 9.58. The van der Waals surface area contributed by atoms with Crippen molar-refractivity contribution < 1.29 is 13.0 Å². The minimum absolute atomic E-state index is 0.0666. The van der Waals surface area contributed by atoms with E-state index in [9.17, 15) is 8.42 Å². The molecule has 26 heavy (non-hydrogen) atoms. The molecule has 140 valence electrons. The molecule has 0 spiro atoms. The fraction of sp³-hybridized carbons (Fsp3) is 0.421. The van der Waals surface area contributed by atoms with E-state index in [0.29, 0.717) is 0 Å². The predicted molar refractivity (Wildman–Crippen MR) is 102 cm³/mol. The number of benzene rings is 1. The van der Waals surface area contributed by atoms with Crippen LogP contribution in [-0.2, 0) is 10.1 Å². The summed E-state index contributed by atoms with van der Waals surface area (Å²) in [5.74, 6) is 0.867. The van der Waals surface area contributed by atoms with Gasteiger partial charge in [0.25, 0.3) is 10.1 Å². The number of nitrogens with one attached hydrogen (secondary N) is 1. The maximum Gasteiger partial charge on any atom is 0.294 e. The van der Waals surface area contributed by atoms with E-state index in [1.54, 1.807) is 12.1 Å². The van der Waals surface area contributed by atoms with Gasteiger partial charge in [0.05, 0.1) is 16.8 Å². The number of nitrogens with zero attached hydrogens (tertiary/aromatic N) is 2. The van der Waals surface area contributed by atoms with Crippen LogP contribution in [0.1, 0.15) is 16.8 Å². The van der Waals surface area contributed by atoms with E-state index in [1.165, 1.54) is 36.5 Å². The maximum atomic E-state index is 10.5. The quantitative estimate of drug-likeness (QED) is 0.784. The Morgan fingerprint density at radius 2 is 1.85 bits per heavy atom. The van der Waals surface area contributed by atoms with Crippen LogP contribution in [0.2, 0.25) is 0 Å². The van der Waals surface area contributed by atoms with Crippen LogP contribution in [-0.4, -0.2) is 43.6 Å². The first-order chi connectivity index (χ1) is 12.2. The Balaban J connectivity index is 0.000000160. The second-order valence-electron chi connectivity index (χ2n) is 7.06. The summed E-state index contributed by atoms with van der Waals surface area (Å²) in [5, 5.41) is 3.47. The molecule has 0 bridgehead atoms. The molecule has 6 nitrogen and oxygen atoms in total. The molecule has 7 heteroatoms. The molecule has 4 rings (SSSR count). The van der Waals surface area contributed by atoms with Crippen molar-refractivity contribution in [3.05, 3.63) is 53.3 Å². The molecule has 1 aromatic carbocycles. The van der Waals surface area contributed by atoms with Gasteiger partial charge >= 0.3 is 0 Å². The van der Waals surface area contributed by atoms with E-state index in [1.807, 2.05) is 13.1 Å². The molecule has 0 saturated carbocycles. The zero-order chi connectivity index (χ0) is 18.9. The first kappa shape index (κ1) is 18.8. The fourth-order valence-electron chi connectivity index (χ4n) is 3.17. The highest BCUT2D eigenvalue weighted by Gasteiger charge is 2.39. The van der Waals surface area contributed by atoms with Gasteiger partial charge in [0, 0.05) is 37.3 Å². The van der Waals surface area contributed by atoms with Gasteiger partial charge in [-0.15, -0.1) is 0 Å². The van der Waals surface area contributed by atoms with E-state index in [2.05, 4.69) is 35.1 Å². The highest BCUT2D eigenvalue weighted by molar-refractivity contribution is 7.85. The molecule has 1 aromatic heterocycles. The van der Waals surface area contributed by atoms with Crippen molar-refractivity contribution in [2.75, 3.05) is 24.5 Å². The smallest absolute Gasteiger partial charge is 0.294 e. The molecule has 0 radical (unpaired) electrons. The topological polar surface area (TPSA) is 82.5 Å². The number of hydrogen-bond donors (Lipinski definition) is 2. The lowest BCUT2D eigenvalue weighted by Gasteiger charge is -2.29. The minimum Gasteiger partial charge on any atom is -0.368 e. The van der Waals surface area contributed by atoms with Crippen molar-refractivity contribution >= 4 is 15.8 Å². The van der Waals surface area contributed by atoms with Gasteiger partial charge in [-0.2, -0.15) is 8.42 Å². The molecule has 2 atom stereocenters. The summed E-state index contributed by atoms with van der Waals surface area (Å²) >= 11 is 0. The molecular formula is C19H25N3O3S. The fourth-order valence-corrected chi connectivity index (χ4v) is 3.65. The SMILES string of the molecule is Cc1cc(N2C[C@@H]3CN[C@@H]3C2)cnc1C.Cc1ccc(S(=O)(=O)O)cc1. The van der Waals surface area contributed by atoms with Gasteiger partial charge < -0.3 is 10.2 Å². The first-order valence-corrected chi connectivity index (χ1v) is 10.1. The van der Waals surface area contributed by atoms with E-state index >= 15 is 0 Å². The summed E-state index contributed by atoms with van der Waals surface area (Å²) in [6, 6.07) is 8.97. The van der Waals surface area contributed by atoms with Crippen LogP contribution in [0.4, 0.5) is 5.69 Å². The van der Waals surface area contributed by atoms with E-state index < -0.39 is 10.1 Å². The Hall–Kier alpha value is -1.96. The van der Waals surface area contributed by atoms with E-state index in [0.717, 1.165) is 29.8 Å². The maximum absolute atomic E-state index is 10.5. The van der Waals surface area contributed by atoms with Crippen LogP contribution < -0.4 is 10.2 Å². The van der Waals surface area contributed by atoms with Gasteiger partial charge in [-0.3, -0.25) is 9.54 Å². The van der Waals surface area contributed by atoms with Crippen LogP contribution in [0.15, 0.2) is 41.4 Å². The molecule has 0 aliphatic carbocycles. The van der Waals surface area contributed by atoms with E-state index in [-0.39, 0.29) is 4.90 Å². The van der Waals surface area contributed by atoms with Crippen molar-refractivity contribution in [1.82, 2.24) is 10.3 Å². The molecule has 2 fully saturated rings. The average molecular weight is 375 g/mol. The highest BCUT2D eigenvalue weighted by atomic mass is 32.2. The van der Waals surface area contributed by atoms with Crippen molar-refractivity contribution in [1.29, 1.82) is 0 Å². The molecule has 0 amide bonds. The van der Waals surface area contributed by atoms with Gasteiger partial charge in [-0.05, 0) is 44.5 Å². The van der Waals surface area contributed by atoms with Gasteiger partial charge in [0.2, 0.25) is 0 Å². The second kappa shape index (κ2) is 7.34. The zero-order valence-electron chi connectivity index (χ0n) is 15.3. The largest absolute Gasteiger partial charge is 0.368 e. The second-order valence-corrected chi connectivity index (χ2v) is 8.49. The summed E-state index contributed by atoms with van der Waals surface area (Å²) in [4.78, 5) is 6.82. The number of pyridine rings is 1. The Bertz CT molecular complexity index is 869. The average Bonchev–Trinajstić information content (AvgIpc) is 2.85. The summed E-state index contributed by atoms with van der Waals surface area (Å²) in [5.41, 5.74) is 4.67. The number of anilines is 1. The summed E-state index contributed by atoms with van der Waals surface area (Å²) in [7, 11) is -4.02. The monoisotopic (exact) mass is 375 g/mol. The number of fused-ring (bicyclic) bond motifs is 1. The lowest BCUT2D eigenvalue weighted by atomic mass is 9.96. The predicted octanol–water partition coefficient (Wildman–Crippen LogP) is 2.35. The van der Waals surface area contributed by atoms with Gasteiger partial charge in [-0.25, -0.2) is 0 Å². The standard InChI is InChI=1S/C12H17N3.C7H8O3S/c1-8-3-11(5-13-9(8)2)15-6-10-4-14-12(10)7-15;1-6-2-4-7(5-3-6)11(8,9)10/h3,5,10,12,14H,4,6-7H2,1-2H3;2-5H,1H3,(H,8,9,10)/t10-,12+;/m0./s1. The number of aryl methyl sites for hydroxylation is 3. The normalized spacial score (nSPS) is 21.5. The van der Waals surface area contributed by atoms with E-state index in [4.69, 9.17) is 4.55 Å². The third-order valence-electron chi connectivity index (χ3n) is 5.09. The minimum atomic E-state index is -4.02. The Kier molecular flexibility index (Phi) is 5.32. The summed E-state index contributed by atoms with van der Waals surface area (Å²) in [6.07, 6.45) is 2.01. The van der Waals surface area contributed by atoms with Crippen LogP contribution in [0.25, 0.3) is 0 Å². The molecule has 2 aliphatic rings. The lowest BCUT2D eigenvalue weighted by Crippen LogP contribution is -2.51. The van der Waals surface area contributed by atoms with Crippen molar-refractivity contribution in [3.8, 4) is 0 Å². The molecule has 2 saturated heterocycles. The van der Waals surface area contributed by atoms with Crippen molar-refractivity contribution in [2.24, 2.45) is 5.92 Å². The van der Waals surface area contributed by atoms with Gasteiger partial charge in [-0.1, -0.05) is 17.7 Å². The van der Waals surface area contributed by atoms with Crippen LogP contribution in [0.5, 0.6) is 0 Å². The molecule has 2 aromatic rings. The number of hydrogen-bond acceptors (Lipinski definition) is 5. The Morgan fingerprint density at radius 3 is 2.31 bits per heavy atom. The third kappa shape index (κ3) is 4.23. The molecule has 3 heterocycles. The van der Waals surface area contributed by atoms with Gasteiger partial charge in [0.15, 0.2) is 0 Å². The van der Waals surface area contributed by atoms with Crippen LogP contribution >= 0.6 is 0 Å². The number of rotatable bonds is 2. The molecule has 2 aliphatic heterocycles. The summed E-state index contributed by atoms with van der Waals surface area (Å²) < 4.78 is 29.6. The van der Waals surface area contributed by atoms with Crippen LogP contribution in [0, 0.1) is 26.7 Å². The molecule has 2 N–H and O–H groups in total. The molecular weight excluding hydrogens is 350 g/mol. The van der Waals surface area contributed by atoms with Crippen molar-refractivity contribution in [2.45, 2.75) is 31.7 Å². The Labute approximate surface area is 155 Å². The highest BCUT2D eigenvalue weighted by Crippen LogP contribution is 2.28. The zero-order valence-corrected chi connectivity index (χ0v) is 16.1. The molecule has 0 unspecified atom stereocenters. The Morgan fingerprint density at radius 1 is 1.15 bits per heavy atom. The van der Waals surface area contributed by atoms with Crippen molar-refractivity contribution in [3.63, 3.8) is 0 Å². The third-order valence-corrected chi connectivity index (χ3v) is 5.96. The number of aromatic nitrogens is 1. The van der Waals surface area contributed by atoms with Crippen LogP contribution in [0.3, 0.4) is 0 Å². The first-order valence-electron chi connectivity index (χ1n) is 8.70. The lowest BCUT2D eigenvalue weighted by molar-refractivity contribution is 0.297. The van der Waals surface area contributed by atoms with Gasteiger partial charge in [0.1, 0.15) is 0 Å².